The Balaban J connectivity index is 3.64. The first kappa shape index (κ1) is 11.9. The van der Waals surface area contributed by atoms with E-state index in [0.717, 1.165) is 19.4 Å². The minimum absolute atomic E-state index is 0.193. The van der Waals surface area contributed by atoms with Crippen LogP contribution in [0.25, 0.3) is 0 Å². The fourth-order valence-electron chi connectivity index (χ4n) is 1.59. The van der Waals surface area contributed by atoms with Gasteiger partial charge in [-0.05, 0) is 31.6 Å². The predicted octanol–water partition coefficient (Wildman–Crippen LogP) is 2.07. The zero-order valence-corrected chi connectivity index (χ0v) is 8.71. The summed E-state index contributed by atoms with van der Waals surface area (Å²) >= 11 is 0. The van der Waals surface area contributed by atoms with Crippen LogP contribution in [0.2, 0.25) is 0 Å². The number of aliphatic hydroxyl groups is 1. The van der Waals surface area contributed by atoms with Crippen molar-refractivity contribution >= 4 is 0 Å². The minimum Gasteiger partial charge on any atom is -0.393 e. The molecule has 0 amide bonds. The summed E-state index contributed by atoms with van der Waals surface area (Å²) in [6, 6.07) is 0. The Labute approximate surface area is 75.9 Å². The second-order valence-corrected chi connectivity index (χ2v) is 3.78. The largest absolute Gasteiger partial charge is 0.393 e. The van der Waals surface area contributed by atoms with Crippen LogP contribution in [0.15, 0.2) is 0 Å². The summed E-state index contributed by atoms with van der Waals surface area (Å²) in [4.78, 5) is 0. The smallest absolute Gasteiger partial charge is 0.0542 e. The van der Waals surface area contributed by atoms with Crippen LogP contribution in [0.3, 0.4) is 0 Å². The van der Waals surface area contributed by atoms with Crippen LogP contribution in [0.4, 0.5) is 0 Å². The summed E-state index contributed by atoms with van der Waals surface area (Å²) in [5.41, 5.74) is 0. The lowest BCUT2D eigenvalue weighted by Crippen LogP contribution is -2.22. The molecule has 0 heterocycles. The Morgan fingerprint density at radius 1 is 1.25 bits per heavy atom. The highest BCUT2D eigenvalue weighted by Gasteiger charge is 2.17. The van der Waals surface area contributed by atoms with E-state index in [9.17, 15) is 5.11 Å². The molecule has 0 saturated carbocycles. The number of ether oxygens (including phenoxy) is 1. The van der Waals surface area contributed by atoms with Crippen molar-refractivity contribution in [3.8, 4) is 0 Å². The normalized spacial score (nSPS) is 16.5. The highest BCUT2D eigenvalue weighted by atomic mass is 16.5. The molecule has 0 spiro atoms. The van der Waals surface area contributed by atoms with Gasteiger partial charge in [-0.2, -0.15) is 0 Å². The van der Waals surface area contributed by atoms with E-state index in [-0.39, 0.29) is 6.10 Å². The minimum atomic E-state index is -0.193. The average Bonchev–Trinajstić information content (AvgIpc) is 1.96. The van der Waals surface area contributed by atoms with Crippen LogP contribution in [0.5, 0.6) is 0 Å². The highest BCUT2D eigenvalue weighted by molar-refractivity contribution is 4.68. The molecule has 0 aliphatic rings. The van der Waals surface area contributed by atoms with E-state index < -0.39 is 0 Å². The van der Waals surface area contributed by atoms with Gasteiger partial charge in [0.05, 0.1) is 6.10 Å². The second-order valence-electron chi connectivity index (χ2n) is 3.78. The average molecular weight is 174 g/mol. The molecule has 0 radical (unpaired) electrons. The number of rotatable bonds is 6. The molecule has 0 fully saturated rings. The quantitative estimate of drug-likeness (QED) is 0.625. The van der Waals surface area contributed by atoms with Crippen LogP contribution in [0, 0.1) is 11.8 Å². The monoisotopic (exact) mass is 174 g/mol. The number of methoxy groups -OCH3 is 1. The van der Waals surface area contributed by atoms with Crippen molar-refractivity contribution < 1.29 is 9.84 Å². The summed E-state index contributed by atoms with van der Waals surface area (Å²) in [7, 11) is 1.72. The maximum Gasteiger partial charge on any atom is 0.0542 e. The molecule has 0 bridgehead atoms. The van der Waals surface area contributed by atoms with E-state index in [4.69, 9.17) is 4.74 Å². The first-order valence-corrected chi connectivity index (χ1v) is 4.76. The Hall–Kier alpha value is -0.0800. The van der Waals surface area contributed by atoms with Crippen molar-refractivity contribution in [3.05, 3.63) is 0 Å². The Bertz CT molecular complexity index is 92.0. The molecular formula is C10H22O2. The highest BCUT2D eigenvalue weighted by Crippen LogP contribution is 2.20. The van der Waals surface area contributed by atoms with Crippen LogP contribution < -0.4 is 0 Å². The van der Waals surface area contributed by atoms with E-state index >= 15 is 0 Å². The van der Waals surface area contributed by atoms with E-state index in [2.05, 4.69) is 13.8 Å². The number of hydrogen-bond acceptors (Lipinski definition) is 2. The van der Waals surface area contributed by atoms with E-state index in [1.807, 2.05) is 6.92 Å². The second kappa shape index (κ2) is 6.44. The van der Waals surface area contributed by atoms with Gasteiger partial charge in [0.2, 0.25) is 0 Å². The summed E-state index contributed by atoms with van der Waals surface area (Å²) in [6.07, 6.45) is 1.91. The maximum atomic E-state index is 9.44. The molecule has 2 nitrogen and oxygen atoms in total. The van der Waals surface area contributed by atoms with Crippen molar-refractivity contribution in [2.24, 2.45) is 11.8 Å². The van der Waals surface area contributed by atoms with Crippen LogP contribution in [-0.2, 0) is 4.74 Å². The molecule has 0 aromatic carbocycles. The van der Waals surface area contributed by atoms with Gasteiger partial charge in [0.15, 0.2) is 0 Å². The molecule has 0 rings (SSSR count). The third-order valence-electron chi connectivity index (χ3n) is 2.36. The molecule has 2 unspecified atom stereocenters. The van der Waals surface area contributed by atoms with Crippen molar-refractivity contribution in [2.45, 2.75) is 39.7 Å². The lowest BCUT2D eigenvalue weighted by atomic mass is 9.87. The van der Waals surface area contributed by atoms with Gasteiger partial charge in [-0.3, -0.25) is 0 Å². The predicted molar refractivity (Wildman–Crippen MR) is 51.1 cm³/mol. The molecule has 0 saturated heterocycles. The summed E-state index contributed by atoms with van der Waals surface area (Å²) in [6.45, 7) is 6.99. The molecule has 74 valence electrons. The van der Waals surface area contributed by atoms with Gasteiger partial charge in [-0.1, -0.05) is 13.8 Å². The number of aliphatic hydroxyl groups excluding tert-OH is 1. The van der Waals surface area contributed by atoms with Gasteiger partial charge in [-0.25, -0.2) is 0 Å². The van der Waals surface area contributed by atoms with Gasteiger partial charge in [-0.15, -0.1) is 0 Å². The Morgan fingerprint density at radius 2 is 1.83 bits per heavy atom. The summed E-state index contributed by atoms with van der Waals surface area (Å²) in [5, 5.41) is 9.44. The third kappa shape index (κ3) is 4.73. The lowest BCUT2D eigenvalue weighted by molar-refractivity contribution is 0.0829. The fraction of sp³-hybridized carbons (Fsp3) is 1.00. The standard InChI is InChI=1S/C10H22O2/c1-8(2)10(9(3)11)6-5-7-12-4/h8-11H,5-7H2,1-4H3. The van der Waals surface area contributed by atoms with E-state index in [1.54, 1.807) is 7.11 Å². The summed E-state index contributed by atoms with van der Waals surface area (Å²) < 4.78 is 4.97. The third-order valence-corrected chi connectivity index (χ3v) is 2.36. The molecule has 0 aliphatic carbocycles. The molecule has 0 aromatic heterocycles. The van der Waals surface area contributed by atoms with Gasteiger partial charge < -0.3 is 9.84 Å². The Morgan fingerprint density at radius 3 is 2.17 bits per heavy atom. The van der Waals surface area contributed by atoms with Crippen LogP contribution >= 0.6 is 0 Å². The Kier molecular flexibility index (Phi) is 6.39. The maximum absolute atomic E-state index is 9.44. The molecule has 2 heteroatoms. The van der Waals surface area contributed by atoms with E-state index in [0.29, 0.717) is 11.8 Å². The van der Waals surface area contributed by atoms with Crippen molar-refractivity contribution in [2.75, 3.05) is 13.7 Å². The first-order chi connectivity index (χ1) is 5.59. The molecule has 0 aromatic rings. The van der Waals surface area contributed by atoms with E-state index in [1.165, 1.54) is 0 Å². The molecule has 2 atom stereocenters. The topological polar surface area (TPSA) is 29.5 Å². The lowest BCUT2D eigenvalue weighted by Gasteiger charge is -2.23. The van der Waals surface area contributed by atoms with Crippen molar-refractivity contribution in [1.29, 1.82) is 0 Å². The van der Waals surface area contributed by atoms with Gasteiger partial charge >= 0.3 is 0 Å². The van der Waals surface area contributed by atoms with Crippen LogP contribution in [0.1, 0.15) is 33.6 Å². The molecule has 0 aliphatic heterocycles. The molecule has 12 heavy (non-hydrogen) atoms. The molecular weight excluding hydrogens is 152 g/mol. The zero-order chi connectivity index (χ0) is 9.56. The number of hydrogen-bond donors (Lipinski definition) is 1. The zero-order valence-electron chi connectivity index (χ0n) is 8.71. The van der Waals surface area contributed by atoms with Crippen LogP contribution in [-0.4, -0.2) is 24.9 Å². The van der Waals surface area contributed by atoms with Gasteiger partial charge in [0, 0.05) is 13.7 Å². The fourth-order valence-corrected chi connectivity index (χ4v) is 1.59. The summed E-state index contributed by atoms with van der Waals surface area (Å²) in [5.74, 6) is 0.974. The first-order valence-electron chi connectivity index (χ1n) is 4.76. The van der Waals surface area contributed by atoms with Gasteiger partial charge in [0.25, 0.3) is 0 Å². The van der Waals surface area contributed by atoms with Crippen molar-refractivity contribution in [3.63, 3.8) is 0 Å². The SMILES string of the molecule is COCCCC(C(C)C)C(C)O. The molecule has 1 N–H and O–H groups in total. The van der Waals surface area contributed by atoms with Crippen molar-refractivity contribution in [1.82, 2.24) is 0 Å². The van der Waals surface area contributed by atoms with Gasteiger partial charge in [0.1, 0.15) is 0 Å².